The van der Waals surface area contributed by atoms with Gasteiger partial charge in [-0.25, -0.2) is 0 Å². The molecule has 4 N–H and O–H groups in total. The Morgan fingerprint density at radius 3 is 2.28 bits per heavy atom. The summed E-state index contributed by atoms with van der Waals surface area (Å²) in [6.07, 6.45) is 11.2. The highest BCUT2D eigenvalue weighted by Gasteiger charge is 2.26. The number of anilines is 2. The second kappa shape index (κ2) is 19.6. The summed E-state index contributed by atoms with van der Waals surface area (Å²) in [5.41, 5.74) is 4.95. The number of piperazine rings is 1. The number of amides is 3. The van der Waals surface area contributed by atoms with Crippen molar-refractivity contribution in [3.8, 4) is 22.6 Å². The Labute approximate surface area is 334 Å². The minimum absolute atomic E-state index is 0.0485. The van der Waals surface area contributed by atoms with Crippen molar-refractivity contribution in [1.82, 2.24) is 35.2 Å². The van der Waals surface area contributed by atoms with Crippen LogP contribution in [-0.4, -0.2) is 103 Å². The highest BCUT2D eigenvalue weighted by molar-refractivity contribution is 6.01. The Balaban J connectivity index is 0.821. The number of aryl methyl sites for hydroxylation is 2. The average molecular weight is 784 g/mol. The van der Waals surface area contributed by atoms with E-state index in [-0.39, 0.29) is 35.9 Å². The van der Waals surface area contributed by atoms with Crippen LogP contribution in [0.15, 0.2) is 53.6 Å². The number of carbonyl (C=O) groups excluding carboxylic acids is 3. The van der Waals surface area contributed by atoms with Crippen molar-refractivity contribution in [2.45, 2.75) is 64.0 Å². The molecule has 6 rings (SSSR count). The molecule has 2 aromatic carbocycles. The zero-order valence-electron chi connectivity index (χ0n) is 33.7. The van der Waals surface area contributed by atoms with Gasteiger partial charge in [0.05, 0.1) is 27.0 Å². The summed E-state index contributed by atoms with van der Waals surface area (Å²) in [5, 5.41) is 17.0. The Bertz CT molecular complexity index is 2050. The molecule has 4 heterocycles. The number of unbranched alkanes of at least 4 members (excludes halogenated alkanes) is 5. The normalized spacial score (nSPS) is 16.1. The molecule has 2 saturated heterocycles. The summed E-state index contributed by atoms with van der Waals surface area (Å²) in [6.45, 7) is 6.42. The van der Waals surface area contributed by atoms with Crippen molar-refractivity contribution in [2.75, 3.05) is 70.2 Å². The first-order valence-corrected chi connectivity index (χ1v) is 20.1. The summed E-state index contributed by atoms with van der Waals surface area (Å²) in [7, 11) is 6.69. The van der Waals surface area contributed by atoms with E-state index in [9.17, 15) is 19.2 Å². The molecule has 0 bridgehead atoms. The summed E-state index contributed by atoms with van der Waals surface area (Å²) >= 11 is 0. The third-order valence-electron chi connectivity index (χ3n) is 11.0. The fourth-order valence-electron chi connectivity index (χ4n) is 7.71. The number of carbonyl (C=O) groups is 3. The van der Waals surface area contributed by atoms with Crippen molar-refractivity contribution >= 4 is 40.0 Å². The van der Waals surface area contributed by atoms with Crippen LogP contribution < -0.4 is 41.2 Å². The van der Waals surface area contributed by atoms with E-state index in [1.165, 1.54) is 24.9 Å². The molecule has 0 saturated carbocycles. The number of nitrogens with zero attached hydrogens (tertiary/aromatic N) is 5. The van der Waals surface area contributed by atoms with Crippen molar-refractivity contribution < 1.29 is 23.9 Å². The van der Waals surface area contributed by atoms with Crippen LogP contribution in [0.1, 0.15) is 56.9 Å². The lowest BCUT2D eigenvalue weighted by Crippen LogP contribution is -2.47. The molecule has 306 valence electrons. The molecule has 1 unspecified atom stereocenters. The first-order valence-electron chi connectivity index (χ1n) is 20.1. The number of methoxy groups -OCH3 is 2. The summed E-state index contributed by atoms with van der Waals surface area (Å²) in [5.74, 6) is 0.726. The molecular formula is C42H57N9O6. The van der Waals surface area contributed by atoms with Gasteiger partial charge in [-0.05, 0) is 67.8 Å². The van der Waals surface area contributed by atoms with Crippen molar-refractivity contribution in [2.24, 2.45) is 14.1 Å². The third-order valence-corrected chi connectivity index (χ3v) is 11.0. The first-order chi connectivity index (χ1) is 27.6. The molecular weight excluding hydrogens is 727 g/mol. The van der Waals surface area contributed by atoms with Crippen LogP contribution in [0.4, 0.5) is 11.4 Å². The number of hydrogen-bond donors (Lipinski definition) is 4. The SMILES string of the molecule is COc1cc(-c2cn(C)c(=O)c3c2cnn3C)cc(OC)c1CNCC(=O)NCCCCCCCCN1CCN(c2ccc(NC3CCC(=O)NC3=O)cc2)CC1. The number of hydrogen-bond acceptors (Lipinski definition) is 11. The van der Waals surface area contributed by atoms with Crippen molar-refractivity contribution in [1.29, 1.82) is 0 Å². The number of imide groups is 1. The van der Waals surface area contributed by atoms with Crippen LogP contribution in [0.5, 0.6) is 11.5 Å². The van der Waals surface area contributed by atoms with E-state index in [0.717, 1.165) is 79.8 Å². The molecule has 0 spiro atoms. The second-order valence-corrected chi connectivity index (χ2v) is 14.9. The maximum absolute atomic E-state index is 12.7. The van der Waals surface area contributed by atoms with Crippen LogP contribution in [0.3, 0.4) is 0 Å². The largest absolute Gasteiger partial charge is 0.496 e. The van der Waals surface area contributed by atoms with E-state index in [0.29, 0.717) is 42.9 Å². The predicted molar refractivity (Wildman–Crippen MR) is 222 cm³/mol. The Morgan fingerprint density at radius 2 is 1.60 bits per heavy atom. The molecule has 0 radical (unpaired) electrons. The van der Waals surface area contributed by atoms with Gasteiger partial charge in [0.2, 0.25) is 17.7 Å². The highest BCUT2D eigenvalue weighted by atomic mass is 16.5. The molecule has 2 aliphatic heterocycles. The highest BCUT2D eigenvalue weighted by Crippen LogP contribution is 2.37. The fraction of sp³-hybridized carbons (Fsp3) is 0.500. The third kappa shape index (κ3) is 10.5. The molecule has 2 aromatic heterocycles. The molecule has 0 aliphatic carbocycles. The smallest absolute Gasteiger partial charge is 0.276 e. The fourth-order valence-corrected chi connectivity index (χ4v) is 7.71. The Kier molecular flexibility index (Phi) is 14.2. The van der Waals surface area contributed by atoms with Crippen LogP contribution >= 0.6 is 0 Å². The van der Waals surface area contributed by atoms with Gasteiger partial charge in [0.1, 0.15) is 23.1 Å². The zero-order valence-corrected chi connectivity index (χ0v) is 33.7. The number of aromatic nitrogens is 3. The molecule has 2 aliphatic rings. The molecule has 57 heavy (non-hydrogen) atoms. The van der Waals surface area contributed by atoms with E-state index >= 15 is 0 Å². The van der Waals surface area contributed by atoms with Gasteiger partial charge in [0.25, 0.3) is 5.56 Å². The van der Waals surface area contributed by atoms with Gasteiger partial charge in [-0.15, -0.1) is 0 Å². The number of nitrogens with one attached hydrogen (secondary N) is 4. The minimum atomic E-state index is -0.373. The maximum Gasteiger partial charge on any atom is 0.276 e. The molecule has 4 aromatic rings. The van der Waals surface area contributed by atoms with Gasteiger partial charge in [-0.3, -0.25) is 34.1 Å². The number of benzene rings is 2. The quantitative estimate of drug-likeness (QED) is 0.0813. The Hall–Kier alpha value is -5.41. The summed E-state index contributed by atoms with van der Waals surface area (Å²) in [4.78, 5) is 53.7. The first kappa shape index (κ1) is 41.2. The molecule has 1 atom stereocenters. The molecule has 2 fully saturated rings. The van der Waals surface area contributed by atoms with E-state index in [2.05, 4.69) is 48.3 Å². The van der Waals surface area contributed by atoms with Crippen molar-refractivity contribution in [3.05, 3.63) is 64.7 Å². The lowest BCUT2D eigenvalue weighted by atomic mass is 10.0. The number of pyridine rings is 1. The van der Waals surface area contributed by atoms with Crippen LogP contribution in [0.25, 0.3) is 22.0 Å². The van der Waals surface area contributed by atoms with Gasteiger partial charge in [-0.2, -0.15) is 5.10 Å². The van der Waals surface area contributed by atoms with E-state index in [1.807, 2.05) is 24.3 Å². The van der Waals surface area contributed by atoms with E-state index < -0.39 is 0 Å². The average Bonchev–Trinajstić information content (AvgIpc) is 3.61. The van der Waals surface area contributed by atoms with Crippen molar-refractivity contribution in [3.63, 3.8) is 0 Å². The Morgan fingerprint density at radius 1 is 0.912 bits per heavy atom. The summed E-state index contributed by atoms with van der Waals surface area (Å²) in [6, 6.07) is 11.7. The minimum Gasteiger partial charge on any atom is -0.496 e. The van der Waals surface area contributed by atoms with Gasteiger partial charge >= 0.3 is 0 Å². The van der Waals surface area contributed by atoms with Gasteiger partial charge < -0.3 is 34.9 Å². The summed E-state index contributed by atoms with van der Waals surface area (Å²) < 4.78 is 14.6. The predicted octanol–water partition coefficient (Wildman–Crippen LogP) is 3.54. The van der Waals surface area contributed by atoms with Gasteiger partial charge in [0, 0.05) is 93.9 Å². The maximum atomic E-state index is 12.7. The molecule has 15 nitrogen and oxygen atoms in total. The van der Waals surface area contributed by atoms with Crippen LogP contribution in [0.2, 0.25) is 0 Å². The monoisotopic (exact) mass is 783 g/mol. The zero-order chi connectivity index (χ0) is 40.3. The lowest BCUT2D eigenvalue weighted by molar-refractivity contribution is -0.133. The number of fused-ring (bicyclic) bond motifs is 1. The lowest BCUT2D eigenvalue weighted by Gasteiger charge is -2.36. The van der Waals surface area contributed by atoms with Gasteiger partial charge in [0.15, 0.2) is 0 Å². The van der Waals surface area contributed by atoms with Crippen LogP contribution in [-0.2, 0) is 35.0 Å². The van der Waals surface area contributed by atoms with Crippen LogP contribution in [0, 0.1) is 0 Å². The number of piperidine rings is 1. The number of ether oxygens (including phenoxy) is 2. The second-order valence-electron chi connectivity index (χ2n) is 14.9. The van der Waals surface area contributed by atoms with E-state index in [1.54, 1.807) is 50.0 Å². The van der Waals surface area contributed by atoms with E-state index in [4.69, 9.17) is 9.47 Å². The molecule has 3 amide bonds. The number of rotatable bonds is 19. The standard InChI is InChI=1S/C42H57N9O6/c1-48-28-34(32-26-45-49(2)40(32)42(48)55)29-23-36(56-3)33(37(24-29)57-4)25-43-27-39(53)44-17-9-7-5-6-8-10-18-50-19-21-51(22-20-50)31-13-11-30(12-14-31)46-35-15-16-38(52)47-41(35)54/h11-14,23-24,26,28,35,43,46H,5-10,15-22,25,27H2,1-4H3,(H,44,53)(H,47,52,54). The molecule has 15 heteroatoms. The topological polar surface area (TPSA) is 164 Å². The van der Waals surface area contributed by atoms with Gasteiger partial charge in [-0.1, -0.05) is 25.7 Å².